The Bertz CT molecular complexity index is 1120. The van der Waals surface area contributed by atoms with Gasteiger partial charge in [-0.05, 0) is 36.8 Å². The summed E-state index contributed by atoms with van der Waals surface area (Å²) < 4.78 is 12.3. The summed E-state index contributed by atoms with van der Waals surface area (Å²) >= 11 is 0. The van der Waals surface area contributed by atoms with Crippen molar-refractivity contribution in [3.05, 3.63) is 65.6 Å². The zero-order valence-corrected chi connectivity index (χ0v) is 16.7. The number of hydrogen-bond acceptors (Lipinski definition) is 7. The van der Waals surface area contributed by atoms with Crippen LogP contribution in [0.25, 0.3) is 0 Å². The highest BCUT2D eigenvalue weighted by Crippen LogP contribution is 2.37. The van der Waals surface area contributed by atoms with Crippen LogP contribution < -0.4 is 20.1 Å². The molecule has 3 N–H and O–H groups in total. The van der Waals surface area contributed by atoms with Gasteiger partial charge in [-0.15, -0.1) is 0 Å². The summed E-state index contributed by atoms with van der Waals surface area (Å²) in [6, 6.07) is 11.3. The number of methoxy groups -OCH3 is 2. The molecule has 2 aromatic carbocycles. The quantitative estimate of drug-likeness (QED) is 0.596. The van der Waals surface area contributed by atoms with Gasteiger partial charge in [-0.25, -0.2) is 4.68 Å². The average molecular weight is 407 g/mol. The van der Waals surface area contributed by atoms with Crippen LogP contribution in [0, 0.1) is 0 Å². The van der Waals surface area contributed by atoms with Gasteiger partial charge in [0.15, 0.2) is 0 Å². The van der Waals surface area contributed by atoms with E-state index in [4.69, 9.17) is 9.47 Å². The lowest BCUT2D eigenvalue weighted by Gasteiger charge is -2.29. The minimum absolute atomic E-state index is 0.138. The summed E-state index contributed by atoms with van der Waals surface area (Å²) in [6.45, 7) is 1.81. The molecule has 1 atom stereocenters. The zero-order chi connectivity index (χ0) is 21.3. The van der Waals surface area contributed by atoms with Crippen LogP contribution in [0.2, 0.25) is 0 Å². The number of nitrogens with one attached hydrogen (secondary N) is 2. The van der Waals surface area contributed by atoms with Crippen LogP contribution in [-0.2, 0) is 4.79 Å². The van der Waals surface area contributed by atoms with E-state index < -0.39 is 6.04 Å². The molecule has 0 unspecified atom stereocenters. The zero-order valence-electron chi connectivity index (χ0n) is 16.7. The Balaban J connectivity index is 1.75. The van der Waals surface area contributed by atoms with Crippen LogP contribution in [0.15, 0.2) is 60.1 Å². The Kier molecular flexibility index (Phi) is 5.01. The number of carbonyl (C=O) groups is 1. The second kappa shape index (κ2) is 7.78. The third kappa shape index (κ3) is 3.41. The van der Waals surface area contributed by atoms with E-state index in [0.29, 0.717) is 34.4 Å². The monoisotopic (exact) mass is 407 g/mol. The van der Waals surface area contributed by atoms with Gasteiger partial charge < -0.3 is 25.2 Å². The van der Waals surface area contributed by atoms with Gasteiger partial charge in [0, 0.05) is 11.8 Å². The summed E-state index contributed by atoms with van der Waals surface area (Å²) in [7, 11) is 3.09. The topological polar surface area (TPSA) is 111 Å². The highest BCUT2D eigenvalue weighted by molar-refractivity contribution is 6.06. The first-order valence-corrected chi connectivity index (χ1v) is 9.21. The fourth-order valence-corrected chi connectivity index (χ4v) is 3.45. The van der Waals surface area contributed by atoms with Gasteiger partial charge >= 0.3 is 0 Å². The van der Waals surface area contributed by atoms with Crippen LogP contribution >= 0.6 is 0 Å². The van der Waals surface area contributed by atoms with Gasteiger partial charge in [-0.3, -0.25) is 4.79 Å². The van der Waals surface area contributed by atoms with Gasteiger partial charge in [0.05, 0.1) is 25.5 Å². The predicted molar refractivity (Wildman–Crippen MR) is 111 cm³/mol. The average Bonchev–Trinajstić information content (AvgIpc) is 3.21. The molecule has 1 aliphatic heterocycles. The summed E-state index contributed by atoms with van der Waals surface area (Å²) in [5.41, 5.74) is 2.37. The molecule has 1 aliphatic rings. The maximum atomic E-state index is 13.4. The molecule has 154 valence electrons. The number of allylic oxidation sites excluding steroid dienone is 1. The first kappa shape index (κ1) is 19.3. The Morgan fingerprint density at radius 1 is 1.17 bits per heavy atom. The number of nitrogens with zero attached hydrogens (tertiary/aromatic N) is 3. The maximum absolute atomic E-state index is 13.4. The largest absolute Gasteiger partial charge is 0.508 e. The number of fused-ring (bicyclic) bond motifs is 1. The number of aromatic hydroxyl groups is 1. The molecule has 2 heterocycles. The van der Waals surface area contributed by atoms with Crippen molar-refractivity contribution in [1.82, 2.24) is 14.8 Å². The molecule has 0 saturated carbocycles. The van der Waals surface area contributed by atoms with Crippen LogP contribution in [0.4, 0.5) is 11.6 Å². The molecule has 0 saturated heterocycles. The van der Waals surface area contributed by atoms with Crippen LogP contribution in [0.1, 0.15) is 18.5 Å². The smallest absolute Gasteiger partial charge is 0.255 e. The van der Waals surface area contributed by atoms with Gasteiger partial charge in [0.2, 0.25) is 5.95 Å². The van der Waals surface area contributed by atoms with Gasteiger partial charge in [-0.2, -0.15) is 10.1 Å². The number of anilines is 2. The van der Waals surface area contributed by atoms with E-state index in [1.165, 1.54) is 13.4 Å². The number of carbonyl (C=O) groups excluding carboxylic acids is 1. The van der Waals surface area contributed by atoms with Gasteiger partial charge in [-0.1, -0.05) is 12.1 Å². The van der Waals surface area contributed by atoms with Crippen molar-refractivity contribution in [1.29, 1.82) is 0 Å². The SMILES string of the molecule is COc1ccc(OC)c(NC(=O)C2=C(C)Nc3ncnn3[C@@H]2c2ccc(O)cc2)c1. The molecule has 0 aliphatic carbocycles. The van der Waals surface area contributed by atoms with E-state index in [2.05, 4.69) is 20.7 Å². The third-order valence-corrected chi connectivity index (χ3v) is 4.90. The van der Waals surface area contributed by atoms with E-state index in [1.54, 1.807) is 54.3 Å². The summed E-state index contributed by atoms with van der Waals surface area (Å²) in [6.07, 6.45) is 1.43. The number of rotatable bonds is 5. The van der Waals surface area contributed by atoms with Crippen molar-refractivity contribution < 1.29 is 19.4 Å². The van der Waals surface area contributed by atoms with E-state index in [9.17, 15) is 9.90 Å². The molecule has 0 spiro atoms. The van der Waals surface area contributed by atoms with Crippen molar-refractivity contribution in [3.8, 4) is 17.2 Å². The summed E-state index contributed by atoms with van der Waals surface area (Å²) in [5, 5.41) is 20.0. The summed E-state index contributed by atoms with van der Waals surface area (Å²) in [4.78, 5) is 17.6. The van der Waals surface area contributed by atoms with E-state index >= 15 is 0 Å². The van der Waals surface area contributed by atoms with Crippen molar-refractivity contribution in [3.63, 3.8) is 0 Å². The lowest BCUT2D eigenvalue weighted by molar-refractivity contribution is -0.113. The molecular weight excluding hydrogens is 386 g/mol. The van der Waals surface area contributed by atoms with E-state index in [-0.39, 0.29) is 11.7 Å². The summed E-state index contributed by atoms with van der Waals surface area (Å²) in [5.74, 6) is 1.44. The predicted octanol–water partition coefficient (Wildman–Crippen LogP) is 2.93. The first-order valence-electron chi connectivity index (χ1n) is 9.21. The number of ether oxygens (including phenoxy) is 2. The molecule has 30 heavy (non-hydrogen) atoms. The van der Waals surface area contributed by atoms with Gasteiger partial charge in [0.1, 0.15) is 29.6 Å². The van der Waals surface area contributed by atoms with Crippen molar-refractivity contribution in [2.24, 2.45) is 0 Å². The number of amides is 1. The molecule has 0 radical (unpaired) electrons. The van der Waals surface area contributed by atoms with Crippen molar-refractivity contribution in [2.45, 2.75) is 13.0 Å². The van der Waals surface area contributed by atoms with Crippen LogP contribution in [0.5, 0.6) is 17.2 Å². The number of hydrogen-bond donors (Lipinski definition) is 3. The Morgan fingerprint density at radius 3 is 2.63 bits per heavy atom. The van der Waals surface area contributed by atoms with Crippen LogP contribution in [0.3, 0.4) is 0 Å². The first-order chi connectivity index (χ1) is 14.5. The standard InChI is InChI=1S/C21H21N5O4/c1-12-18(20(28)25-16-10-15(29-2)8-9-17(16)30-3)19(13-4-6-14(27)7-5-13)26-21(24-12)22-11-23-26/h4-11,19,27H,1-3H3,(H,25,28)(H,22,23,24)/t19-/m1/s1. The molecule has 3 aromatic rings. The fourth-order valence-electron chi connectivity index (χ4n) is 3.45. The Morgan fingerprint density at radius 2 is 1.93 bits per heavy atom. The molecule has 1 amide bonds. The second-order valence-electron chi connectivity index (χ2n) is 6.71. The highest BCUT2D eigenvalue weighted by atomic mass is 16.5. The Hall–Kier alpha value is -4.01. The lowest BCUT2D eigenvalue weighted by atomic mass is 9.95. The number of phenolic OH excluding ortho intramolecular Hbond substituents is 1. The molecule has 4 rings (SSSR count). The number of aromatic nitrogens is 3. The molecule has 9 heteroatoms. The number of phenols is 1. The van der Waals surface area contributed by atoms with Crippen molar-refractivity contribution >= 4 is 17.5 Å². The molecule has 0 bridgehead atoms. The van der Waals surface area contributed by atoms with Crippen molar-refractivity contribution in [2.75, 3.05) is 24.9 Å². The minimum Gasteiger partial charge on any atom is -0.508 e. The molecule has 1 aromatic heterocycles. The van der Waals surface area contributed by atoms with E-state index in [1.807, 2.05) is 6.92 Å². The second-order valence-corrected chi connectivity index (χ2v) is 6.71. The molecule has 0 fully saturated rings. The fraction of sp³-hybridized carbons (Fsp3) is 0.190. The number of benzene rings is 2. The normalized spacial score (nSPS) is 15.2. The van der Waals surface area contributed by atoms with E-state index in [0.717, 1.165) is 5.56 Å². The van der Waals surface area contributed by atoms with Gasteiger partial charge in [0.25, 0.3) is 5.91 Å². The third-order valence-electron chi connectivity index (χ3n) is 4.90. The molecular formula is C21H21N5O4. The van der Waals surface area contributed by atoms with Crippen LogP contribution in [-0.4, -0.2) is 40.0 Å². The highest BCUT2D eigenvalue weighted by Gasteiger charge is 2.33. The Labute approximate surface area is 173 Å². The molecule has 9 nitrogen and oxygen atoms in total. The maximum Gasteiger partial charge on any atom is 0.255 e. The minimum atomic E-state index is -0.527. The lowest BCUT2D eigenvalue weighted by Crippen LogP contribution is -2.31.